The topological polar surface area (TPSA) is 65.0 Å². The summed E-state index contributed by atoms with van der Waals surface area (Å²) in [6.07, 6.45) is -9.61. The van der Waals surface area contributed by atoms with E-state index >= 15 is 0 Å². The van der Waals surface area contributed by atoms with E-state index in [4.69, 9.17) is 0 Å². The molecule has 5 nitrogen and oxygen atoms in total. The molecule has 128 valence electrons. The van der Waals surface area contributed by atoms with E-state index in [-0.39, 0.29) is 5.56 Å². The summed E-state index contributed by atoms with van der Waals surface area (Å²) in [6, 6.07) is 2.77. The lowest BCUT2D eigenvalue weighted by Gasteiger charge is -2.12. The van der Waals surface area contributed by atoms with Gasteiger partial charge in [0, 0.05) is 5.56 Å². The van der Waals surface area contributed by atoms with Gasteiger partial charge in [0.25, 0.3) is 5.82 Å². The molecule has 0 fully saturated rings. The van der Waals surface area contributed by atoms with Crippen LogP contribution in [-0.2, 0) is 17.1 Å². The fourth-order valence-corrected chi connectivity index (χ4v) is 1.71. The highest BCUT2D eigenvalue weighted by Crippen LogP contribution is 2.35. The first kappa shape index (κ1) is 17.6. The van der Waals surface area contributed by atoms with Crippen LogP contribution in [0.15, 0.2) is 24.3 Å². The van der Waals surface area contributed by atoms with Crippen molar-refractivity contribution in [2.75, 3.05) is 7.11 Å². The SMILES string of the molecule is COC(=O)c1nnc(C(F)(F)F)c(-c2ccc(C(F)(F)F)cc2)n1. The number of nitrogens with zero attached hydrogens (tertiary/aromatic N) is 3. The Labute approximate surface area is 130 Å². The van der Waals surface area contributed by atoms with Crippen molar-refractivity contribution in [1.82, 2.24) is 15.2 Å². The van der Waals surface area contributed by atoms with Crippen molar-refractivity contribution in [2.45, 2.75) is 12.4 Å². The van der Waals surface area contributed by atoms with Crippen LogP contribution in [0.3, 0.4) is 0 Å². The van der Waals surface area contributed by atoms with Crippen molar-refractivity contribution >= 4 is 5.97 Å². The Hall–Kier alpha value is -2.72. The lowest BCUT2D eigenvalue weighted by Crippen LogP contribution is -2.17. The number of ether oxygens (including phenoxy) is 1. The fourth-order valence-electron chi connectivity index (χ4n) is 1.71. The molecule has 1 aromatic carbocycles. The second-order valence-electron chi connectivity index (χ2n) is 4.40. The van der Waals surface area contributed by atoms with Crippen molar-refractivity contribution in [1.29, 1.82) is 0 Å². The Morgan fingerprint density at radius 2 is 1.54 bits per heavy atom. The zero-order valence-corrected chi connectivity index (χ0v) is 11.7. The van der Waals surface area contributed by atoms with E-state index in [9.17, 15) is 31.1 Å². The average Bonchev–Trinajstić information content (AvgIpc) is 2.52. The minimum atomic E-state index is -4.97. The van der Waals surface area contributed by atoms with E-state index in [1.165, 1.54) is 0 Å². The molecule has 2 aromatic rings. The van der Waals surface area contributed by atoms with Gasteiger partial charge in [-0.3, -0.25) is 0 Å². The number of rotatable bonds is 2. The summed E-state index contributed by atoms with van der Waals surface area (Å²) in [5, 5.41) is 5.93. The first-order valence-electron chi connectivity index (χ1n) is 6.12. The molecular weight excluding hydrogens is 344 g/mol. The van der Waals surface area contributed by atoms with Crippen LogP contribution < -0.4 is 0 Å². The summed E-state index contributed by atoms with van der Waals surface area (Å²) in [5.41, 5.74) is -3.72. The largest absolute Gasteiger partial charge is 0.463 e. The predicted molar refractivity (Wildman–Crippen MR) is 66.6 cm³/mol. The van der Waals surface area contributed by atoms with Crippen LogP contribution in [0.2, 0.25) is 0 Å². The molecule has 0 radical (unpaired) electrons. The molecule has 1 heterocycles. The second kappa shape index (κ2) is 6.06. The van der Waals surface area contributed by atoms with Gasteiger partial charge in [-0.15, -0.1) is 10.2 Å². The van der Waals surface area contributed by atoms with Crippen molar-refractivity contribution in [2.24, 2.45) is 0 Å². The molecule has 0 aliphatic heterocycles. The second-order valence-corrected chi connectivity index (χ2v) is 4.40. The van der Waals surface area contributed by atoms with Crippen molar-refractivity contribution in [3.05, 3.63) is 41.3 Å². The summed E-state index contributed by atoms with van der Waals surface area (Å²) in [5.74, 6) is -1.88. The molecule has 0 amide bonds. The number of benzene rings is 1. The first-order chi connectivity index (χ1) is 11.0. The summed E-state index contributed by atoms with van der Waals surface area (Å²) < 4.78 is 80.8. The Kier molecular flexibility index (Phi) is 4.45. The molecule has 0 unspecified atom stereocenters. The lowest BCUT2D eigenvalue weighted by molar-refractivity contribution is -0.141. The maximum Gasteiger partial charge on any atom is 0.437 e. The third-order valence-electron chi connectivity index (χ3n) is 2.81. The third kappa shape index (κ3) is 3.60. The highest BCUT2D eigenvalue weighted by molar-refractivity contribution is 5.85. The molecule has 2 rings (SSSR count). The summed E-state index contributed by atoms with van der Waals surface area (Å²) in [4.78, 5) is 14.7. The lowest BCUT2D eigenvalue weighted by atomic mass is 10.1. The quantitative estimate of drug-likeness (QED) is 0.613. The van der Waals surface area contributed by atoms with Crippen molar-refractivity contribution < 1.29 is 35.9 Å². The molecular formula is C13H7F6N3O2. The molecule has 0 atom stereocenters. The normalized spacial score (nSPS) is 12.1. The number of hydrogen-bond acceptors (Lipinski definition) is 5. The zero-order valence-electron chi connectivity index (χ0n) is 11.7. The Morgan fingerprint density at radius 1 is 0.958 bits per heavy atom. The van der Waals surface area contributed by atoms with Gasteiger partial charge in [0.05, 0.1) is 12.7 Å². The Bertz CT molecular complexity index is 756. The van der Waals surface area contributed by atoms with Crippen molar-refractivity contribution in [3.63, 3.8) is 0 Å². The molecule has 1 aromatic heterocycles. The maximum absolute atomic E-state index is 13.0. The monoisotopic (exact) mass is 351 g/mol. The minimum absolute atomic E-state index is 0.310. The van der Waals surface area contributed by atoms with E-state index in [0.29, 0.717) is 12.1 Å². The van der Waals surface area contributed by atoms with Crippen LogP contribution in [0.25, 0.3) is 11.3 Å². The van der Waals surface area contributed by atoms with Gasteiger partial charge < -0.3 is 4.74 Å². The van der Waals surface area contributed by atoms with Crippen LogP contribution in [-0.4, -0.2) is 28.3 Å². The number of hydrogen-bond donors (Lipinski definition) is 0. The van der Waals surface area contributed by atoms with Gasteiger partial charge in [-0.2, -0.15) is 26.3 Å². The molecule has 24 heavy (non-hydrogen) atoms. The van der Waals surface area contributed by atoms with Gasteiger partial charge >= 0.3 is 18.3 Å². The number of methoxy groups -OCH3 is 1. The molecule has 0 aliphatic carbocycles. The predicted octanol–water partition coefficient (Wildman–Crippen LogP) is 3.36. The zero-order chi connectivity index (χ0) is 18.1. The van der Waals surface area contributed by atoms with Gasteiger partial charge in [-0.1, -0.05) is 12.1 Å². The van der Waals surface area contributed by atoms with Gasteiger partial charge in [0.2, 0.25) is 0 Å². The minimum Gasteiger partial charge on any atom is -0.463 e. The smallest absolute Gasteiger partial charge is 0.437 e. The summed E-state index contributed by atoms with van der Waals surface area (Å²) in [7, 11) is 0.959. The highest BCUT2D eigenvalue weighted by atomic mass is 19.4. The van der Waals surface area contributed by atoms with Crippen LogP contribution in [0.4, 0.5) is 26.3 Å². The molecule has 0 aliphatic rings. The number of halogens is 6. The van der Waals surface area contributed by atoms with Crippen LogP contribution in [0.5, 0.6) is 0 Å². The van der Waals surface area contributed by atoms with E-state index in [2.05, 4.69) is 19.9 Å². The van der Waals surface area contributed by atoms with E-state index < -0.39 is 41.1 Å². The van der Waals surface area contributed by atoms with Gasteiger partial charge in [0.1, 0.15) is 5.69 Å². The molecule has 11 heteroatoms. The van der Waals surface area contributed by atoms with E-state index in [0.717, 1.165) is 19.2 Å². The number of alkyl halides is 6. The van der Waals surface area contributed by atoms with Gasteiger partial charge in [-0.05, 0) is 12.1 Å². The molecule has 0 N–H and O–H groups in total. The first-order valence-corrected chi connectivity index (χ1v) is 6.12. The molecule has 0 spiro atoms. The van der Waals surface area contributed by atoms with Gasteiger partial charge in [0.15, 0.2) is 5.69 Å². The Balaban J connectivity index is 2.59. The number of esters is 1. The van der Waals surface area contributed by atoms with Crippen LogP contribution in [0, 0.1) is 0 Å². The number of carbonyl (C=O) groups excluding carboxylic acids is 1. The number of aromatic nitrogens is 3. The van der Waals surface area contributed by atoms with Crippen LogP contribution in [0.1, 0.15) is 21.9 Å². The molecule has 0 saturated carbocycles. The standard InChI is InChI=1S/C13H7F6N3O2/c1-24-11(23)10-20-8(9(21-22-10)13(17,18)19)6-2-4-7(5-3-6)12(14,15)16/h2-5H,1H3. The van der Waals surface area contributed by atoms with E-state index in [1.807, 2.05) is 0 Å². The third-order valence-corrected chi connectivity index (χ3v) is 2.81. The number of carbonyl (C=O) groups is 1. The highest BCUT2D eigenvalue weighted by Gasteiger charge is 2.38. The maximum atomic E-state index is 13.0. The molecule has 0 bridgehead atoms. The van der Waals surface area contributed by atoms with E-state index in [1.54, 1.807) is 0 Å². The molecule has 0 saturated heterocycles. The summed E-state index contributed by atoms with van der Waals surface area (Å²) in [6.45, 7) is 0. The average molecular weight is 351 g/mol. The van der Waals surface area contributed by atoms with Gasteiger partial charge in [-0.25, -0.2) is 9.78 Å². The summed E-state index contributed by atoms with van der Waals surface area (Å²) >= 11 is 0. The van der Waals surface area contributed by atoms with Crippen molar-refractivity contribution in [3.8, 4) is 11.3 Å². The fraction of sp³-hybridized carbons (Fsp3) is 0.231. The van der Waals surface area contributed by atoms with Crippen LogP contribution >= 0.6 is 0 Å². The Morgan fingerprint density at radius 3 is 2.00 bits per heavy atom.